The Morgan fingerprint density at radius 1 is 1.56 bits per heavy atom. The lowest BCUT2D eigenvalue weighted by molar-refractivity contribution is 0.764. The quantitative estimate of drug-likeness (QED) is 0.526. The molecule has 0 saturated carbocycles. The Labute approximate surface area is 53.5 Å². The normalized spacial score (nSPS) is 9.56. The SMILES string of the molecule is Cc1cncc(=N)n1C. The van der Waals surface area contributed by atoms with Gasteiger partial charge in [-0.15, -0.1) is 0 Å². The Morgan fingerprint density at radius 3 is 2.67 bits per heavy atom. The van der Waals surface area contributed by atoms with E-state index in [1.807, 2.05) is 14.0 Å². The molecule has 0 aliphatic carbocycles. The maximum Gasteiger partial charge on any atom is 0.143 e. The predicted octanol–water partition coefficient (Wildman–Crippen LogP) is 0.208. The van der Waals surface area contributed by atoms with Gasteiger partial charge < -0.3 is 4.57 Å². The number of nitrogens with one attached hydrogen (secondary N) is 1. The Bertz CT molecular complexity index is 261. The highest BCUT2D eigenvalue weighted by atomic mass is 15.0. The van der Waals surface area contributed by atoms with Gasteiger partial charge in [0.2, 0.25) is 0 Å². The van der Waals surface area contributed by atoms with Crippen molar-refractivity contribution in [2.24, 2.45) is 7.05 Å². The van der Waals surface area contributed by atoms with E-state index in [4.69, 9.17) is 5.41 Å². The summed E-state index contributed by atoms with van der Waals surface area (Å²) in [5.74, 6) is 0. The molecule has 0 saturated heterocycles. The van der Waals surface area contributed by atoms with Gasteiger partial charge in [0.05, 0.1) is 6.20 Å². The van der Waals surface area contributed by atoms with Gasteiger partial charge in [-0.05, 0) is 6.92 Å². The lowest BCUT2D eigenvalue weighted by atomic mass is 10.5. The molecule has 1 aromatic rings. The average Bonchev–Trinajstić information content (AvgIpc) is 1.83. The van der Waals surface area contributed by atoms with Gasteiger partial charge in [0.15, 0.2) is 0 Å². The van der Waals surface area contributed by atoms with E-state index >= 15 is 0 Å². The number of hydrogen-bond acceptors (Lipinski definition) is 2. The molecule has 0 unspecified atom stereocenters. The van der Waals surface area contributed by atoms with Crippen LogP contribution < -0.4 is 5.49 Å². The fraction of sp³-hybridized carbons (Fsp3) is 0.333. The summed E-state index contributed by atoms with van der Waals surface area (Å²) in [6.07, 6.45) is 3.26. The molecular formula is C6H9N3. The highest BCUT2D eigenvalue weighted by Gasteiger charge is 1.86. The zero-order chi connectivity index (χ0) is 6.85. The van der Waals surface area contributed by atoms with Crippen LogP contribution in [0.15, 0.2) is 12.4 Å². The molecule has 48 valence electrons. The molecule has 3 heteroatoms. The minimum atomic E-state index is 0.440. The molecule has 0 aliphatic heterocycles. The highest BCUT2D eigenvalue weighted by Crippen LogP contribution is 1.83. The predicted molar refractivity (Wildman–Crippen MR) is 33.8 cm³/mol. The van der Waals surface area contributed by atoms with Gasteiger partial charge >= 0.3 is 0 Å². The van der Waals surface area contributed by atoms with Crippen molar-refractivity contribution in [2.45, 2.75) is 6.92 Å². The summed E-state index contributed by atoms with van der Waals surface area (Å²) < 4.78 is 1.77. The third-order valence-electron chi connectivity index (χ3n) is 1.35. The van der Waals surface area contributed by atoms with Crippen LogP contribution in [-0.4, -0.2) is 9.55 Å². The molecule has 1 aromatic heterocycles. The Balaban J connectivity index is 3.43. The van der Waals surface area contributed by atoms with Crippen LogP contribution in [0.5, 0.6) is 0 Å². The topological polar surface area (TPSA) is 41.7 Å². The zero-order valence-electron chi connectivity index (χ0n) is 5.55. The summed E-state index contributed by atoms with van der Waals surface area (Å²) in [7, 11) is 1.85. The van der Waals surface area contributed by atoms with Gasteiger partial charge in [-0.1, -0.05) is 0 Å². The molecule has 3 nitrogen and oxygen atoms in total. The molecular weight excluding hydrogens is 114 g/mol. The molecule has 0 aliphatic rings. The van der Waals surface area contributed by atoms with E-state index in [-0.39, 0.29) is 0 Å². The smallest absolute Gasteiger partial charge is 0.143 e. The standard InChI is InChI=1S/C6H9N3/c1-5-3-8-4-6(7)9(5)2/h3-4,7H,1-2H3. The van der Waals surface area contributed by atoms with E-state index < -0.39 is 0 Å². The van der Waals surface area contributed by atoms with Crippen molar-refractivity contribution in [2.75, 3.05) is 0 Å². The summed E-state index contributed by atoms with van der Waals surface area (Å²) in [5.41, 5.74) is 1.44. The molecule has 0 amide bonds. The molecule has 0 fully saturated rings. The number of hydrogen-bond donors (Lipinski definition) is 1. The Hall–Kier alpha value is -1.12. The minimum absolute atomic E-state index is 0.440. The second kappa shape index (κ2) is 2.01. The summed E-state index contributed by atoms with van der Waals surface area (Å²) in [5, 5.41) is 7.26. The summed E-state index contributed by atoms with van der Waals surface area (Å²) in [6.45, 7) is 1.92. The summed E-state index contributed by atoms with van der Waals surface area (Å²) in [6, 6.07) is 0. The van der Waals surface area contributed by atoms with Crippen LogP contribution in [0, 0.1) is 12.3 Å². The number of nitrogens with zero attached hydrogens (tertiary/aromatic N) is 2. The van der Waals surface area contributed by atoms with Crippen molar-refractivity contribution in [1.82, 2.24) is 9.55 Å². The largest absolute Gasteiger partial charge is 0.331 e. The summed E-state index contributed by atoms with van der Waals surface area (Å²) in [4.78, 5) is 3.84. The van der Waals surface area contributed by atoms with Crippen molar-refractivity contribution < 1.29 is 0 Å². The molecule has 0 atom stereocenters. The van der Waals surface area contributed by atoms with Crippen LogP contribution >= 0.6 is 0 Å². The maximum atomic E-state index is 7.26. The first-order valence-electron chi connectivity index (χ1n) is 2.74. The molecule has 1 N–H and O–H groups in total. The molecule has 0 radical (unpaired) electrons. The molecule has 1 heterocycles. The molecule has 0 aromatic carbocycles. The Morgan fingerprint density at radius 2 is 2.22 bits per heavy atom. The first kappa shape index (κ1) is 6.01. The molecule has 1 rings (SSSR count). The van der Waals surface area contributed by atoms with Gasteiger partial charge in [-0.3, -0.25) is 10.4 Å². The fourth-order valence-corrected chi connectivity index (χ4v) is 0.579. The van der Waals surface area contributed by atoms with E-state index in [9.17, 15) is 0 Å². The maximum absolute atomic E-state index is 7.26. The van der Waals surface area contributed by atoms with Crippen LogP contribution in [0.25, 0.3) is 0 Å². The van der Waals surface area contributed by atoms with Gasteiger partial charge in [-0.2, -0.15) is 0 Å². The number of aryl methyl sites for hydroxylation is 1. The van der Waals surface area contributed by atoms with Crippen molar-refractivity contribution in [3.63, 3.8) is 0 Å². The van der Waals surface area contributed by atoms with Crippen molar-refractivity contribution in [1.29, 1.82) is 5.41 Å². The zero-order valence-corrected chi connectivity index (χ0v) is 5.55. The highest BCUT2D eigenvalue weighted by molar-refractivity contribution is 4.92. The van der Waals surface area contributed by atoms with Crippen LogP contribution in [0.1, 0.15) is 5.69 Å². The van der Waals surface area contributed by atoms with Crippen molar-refractivity contribution in [3.8, 4) is 0 Å². The van der Waals surface area contributed by atoms with Gasteiger partial charge in [-0.25, -0.2) is 0 Å². The second-order valence-corrected chi connectivity index (χ2v) is 1.99. The number of aromatic nitrogens is 2. The van der Waals surface area contributed by atoms with Crippen LogP contribution in [-0.2, 0) is 7.05 Å². The van der Waals surface area contributed by atoms with Gasteiger partial charge in [0.25, 0.3) is 0 Å². The minimum Gasteiger partial charge on any atom is -0.331 e. The third-order valence-corrected chi connectivity index (χ3v) is 1.35. The summed E-state index contributed by atoms with van der Waals surface area (Å²) >= 11 is 0. The lowest BCUT2D eigenvalue weighted by Gasteiger charge is -1.99. The van der Waals surface area contributed by atoms with E-state index in [0.717, 1.165) is 5.69 Å². The van der Waals surface area contributed by atoms with E-state index in [2.05, 4.69) is 4.98 Å². The lowest BCUT2D eigenvalue weighted by Crippen LogP contribution is -2.18. The fourth-order valence-electron chi connectivity index (χ4n) is 0.579. The van der Waals surface area contributed by atoms with Crippen LogP contribution in [0.2, 0.25) is 0 Å². The second-order valence-electron chi connectivity index (χ2n) is 1.99. The third kappa shape index (κ3) is 0.988. The average molecular weight is 123 g/mol. The van der Waals surface area contributed by atoms with E-state index in [1.165, 1.54) is 6.20 Å². The van der Waals surface area contributed by atoms with Gasteiger partial charge in [0.1, 0.15) is 5.49 Å². The van der Waals surface area contributed by atoms with Gasteiger partial charge in [0, 0.05) is 18.9 Å². The number of rotatable bonds is 0. The van der Waals surface area contributed by atoms with Crippen LogP contribution in [0.3, 0.4) is 0 Å². The monoisotopic (exact) mass is 123 g/mol. The first-order chi connectivity index (χ1) is 4.22. The Kier molecular flexibility index (Phi) is 1.34. The van der Waals surface area contributed by atoms with E-state index in [0.29, 0.717) is 5.49 Å². The molecule has 9 heavy (non-hydrogen) atoms. The van der Waals surface area contributed by atoms with E-state index in [1.54, 1.807) is 10.8 Å². The first-order valence-corrected chi connectivity index (χ1v) is 2.74. The molecule has 0 bridgehead atoms. The van der Waals surface area contributed by atoms with Crippen molar-refractivity contribution >= 4 is 0 Å². The van der Waals surface area contributed by atoms with Crippen LogP contribution in [0.4, 0.5) is 0 Å². The van der Waals surface area contributed by atoms with Crippen molar-refractivity contribution in [3.05, 3.63) is 23.6 Å². The molecule has 0 spiro atoms.